The van der Waals surface area contributed by atoms with E-state index in [4.69, 9.17) is 4.52 Å². The standard InChI is InChI=1S/C14H10N2O3/c17-10-7-5-9(6-8-10)13-15-14(19-16-13)11-3-1-2-4-12(11)18/h1-8,17-18H. The third-order valence-corrected chi connectivity index (χ3v) is 2.69. The van der Waals surface area contributed by atoms with Crippen molar-refractivity contribution in [3.05, 3.63) is 48.5 Å². The topological polar surface area (TPSA) is 79.4 Å². The van der Waals surface area contributed by atoms with Crippen molar-refractivity contribution in [1.29, 1.82) is 0 Å². The second-order valence-corrected chi connectivity index (χ2v) is 3.99. The van der Waals surface area contributed by atoms with E-state index < -0.39 is 0 Å². The summed E-state index contributed by atoms with van der Waals surface area (Å²) in [5.74, 6) is 0.913. The van der Waals surface area contributed by atoms with Crippen molar-refractivity contribution in [3.63, 3.8) is 0 Å². The van der Waals surface area contributed by atoms with Gasteiger partial charge in [-0.25, -0.2) is 0 Å². The van der Waals surface area contributed by atoms with E-state index in [-0.39, 0.29) is 17.4 Å². The number of phenols is 2. The van der Waals surface area contributed by atoms with E-state index in [9.17, 15) is 10.2 Å². The van der Waals surface area contributed by atoms with Crippen molar-refractivity contribution in [2.45, 2.75) is 0 Å². The van der Waals surface area contributed by atoms with Gasteiger partial charge in [0.15, 0.2) is 0 Å². The van der Waals surface area contributed by atoms with Gasteiger partial charge in [0.05, 0.1) is 5.56 Å². The van der Waals surface area contributed by atoms with Crippen LogP contribution in [0.5, 0.6) is 11.5 Å². The lowest BCUT2D eigenvalue weighted by Crippen LogP contribution is -1.81. The number of hydrogen-bond donors (Lipinski definition) is 2. The van der Waals surface area contributed by atoms with Crippen LogP contribution in [0, 0.1) is 0 Å². The van der Waals surface area contributed by atoms with Gasteiger partial charge >= 0.3 is 0 Å². The number of phenolic OH excluding ortho intramolecular Hbond substituents is 2. The second kappa shape index (κ2) is 4.45. The Morgan fingerprint density at radius 3 is 2.37 bits per heavy atom. The maximum absolute atomic E-state index is 9.72. The van der Waals surface area contributed by atoms with Gasteiger partial charge in [-0.05, 0) is 36.4 Å². The third-order valence-electron chi connectivity index (χ3n) is 2.69. The maximum atomic E-state index is 9.72. The predicted molar refractivity (Wildman–Crippen MR) is 68.5 cm³/mol. The van der Waals surface area contributed by atoms with Gasteiger partial charge in [-0.15, -0.1) is 0 Å². The molecule has 0 unspecified atom stereocenters. The molecule has 0 aliphatic rings. The van der Waals surface area contributed by atoms with Crippen molar-refractivity contribution in [2.75, 3.05) is 0 Å². The lowest BCUT2D eigenvalue weighted by molar-refractivity contribution is 0.425. The SMILES string of the molecule is Oc1ccc(-c2noc(-c3ccccc3O)n2)cc1. The highest BCUT2D eigenvalue weighted by Crippen LogP contribution is 2.29. The summed E-state index contributed by atoms with van der Waals surface area (Å²) in [6.45, 7) is 0. The van der Waals surface area contributed by atoms with E-state index in [1.54, 1.807) is 48.5 Å². The molecule has 0 saturated carbocycles. The lowest BCUT2D eigenvalue weighted by atomic mass is 10.2. The summed E-state index contributed by atoms with van der Waals surface area (Å²) in [5.41, 5.74) is 1.21. The highest BCUT2D eigenvalue weighted by molar-refractivity contribution is 5.64. The zero-order chi connectivity index (χ0) is 13.2. The fourth-order valence-corrected chi connectivity index (χ4v) is 1.72. The van der Waals surface area contributed by atoms with E-state index in [1.807, 2.05) is 0 Å². The minimum atomic E-state index is 0.0865. The molecule has 0 saturated heterocycles. The molecule has 0 aliphatic carbocycles. The number of aromatic hydroxyl groups is 2. The Kier molecular flexibility index (Phi) is 2.64. The Hall–Kier alpha value is -2.82. The summed E-state index contributed by atoms with van der Waals surface area (Å²) < 4.78 is 5.13. The van der Waals surface area contributed by atoms with Gasteiger partial charge < -0.3 is 14.7 Å². The molecular weight excluding hydrogens is 244 g/mol. The highest BCUT2D eigenvalue weighted by atomic mass is 16.5. The molecule has 3 rings (SSSR count). The molecule has 94 valence electrons. The van der Waals surface area contributed by atoms with Gasteiger partial charge in [0, 0.05) is 5.56 Å². The smallest absolute Gasteiger partial charge is 0.261 e. The monoisotopic (exact) mass is 254 g/mol. The summed E-state index contributed by atoms with van der Waals surface area (Å²) in [6.07, 6.45) is 0. The molecule has 5 nitrogen and oxygen atoms in total. The predicted octanol–water partition coefficient (Wildman–Crippen LogP) is 2.81. The molecule has 0 bridgehead atoms. The molecule has 0 atom stereocenters. The molecule has 0 aliphatic heterocycles. The van der Waals surface area contributed by atoms with Gasteiger partial charge in [0.25, 0.3) is 5.89 Å². The third kappa shape index (κ3) is 2.13. The molecular formula is C14H10N2O3. The largest absolute Gasteiger partial charge is 0.508 e. The van der Waals surface area contributed by atoms with Crippen LogP contribution in [-0.2, 0) is 0 Å². The van der Waals surface area contributed by atoms with Crippen LogP contribution < -0.4 is 0 Å². The quantitative estimate of drug-likeness (QED) is 0.735. The average molecular weight is 254 g/mol. The van der Waals surface area contributed by atoms with Gasteiger partial charge in [-0.2, -0.15) is 4.98 Å². The fraction of sp³-hybridized carbons (Fsp3) is 0. The van der Waals surface area contributed by atoms with Crippen molar-refractivity contribution in [2.24, 2.45) is 0 Å². The maximum Gasteiger partial charge on any atom is 0.261 e. The summed E-state index contributed by atoms with van der Waals surface area (Å²) in [6, 6.07) is 13.2. The van der Waals surface area contributed by atoms with E-state index in [0.29, 0.717) is 11.4 Å². The first-order valence-corrected chi connectivity index (χ1v) is 5.65. The van der Waals surface area contributed by atoms with Crippen LogP contribution >= 0.6 is 0 Å². The van der Waals surface area contributed by atoms with Gasteiger partial charge in [0.1, 0.15) is 11.5 Å². The normalized spacial score (nSPS) is 10.5. The van der Waals surface area contributed by atoms with E-state index in [1.165, 1.54) is 0 Å². The van der Waals surface area contributed by atoms with E-state index in [2.05, 4.69) is 10.1 Å². The molecule has 0 amide bonds. The molecule has 1 heterocycles. The van der Waals surface area contributed by atoms with Crippen LogP contribution in [0.1, 0.15) is 0 Å². The number of benzene rings is 2. The zero-order valence-electron chi connectivity index (χ0n) is 9.82. The number of para-hydroxylation sites is 1. The summed E-state index contributed by atoms with van der Waals surface area (Å²) in [5, 5.41) is 22.8. The molecule has 2 N–H and O–H groups in total. The Morgan fingerprint density at radius 2 is 1.63 bits per heavy atom. The molecule has 0 spiro atoms. The summed E-state index contributed by atoms with van der Waals surface area (Å²) >= 11 is 0. The Balaban J connectivity index is 2.00. The van der Waals surface area contributed by atoms with Gasteiger partial charge in [0.2, 0.25) is 5.82 Å². The molecule has 19 heavy (non-hydrogen) atoms. The Bertz CT molecular complexity index is 705. The Morgan fingerprint density at radius 1 is 0.895 bits per heavy atom. The summed E-state index contributed by atoms with van der Waals surface area (Å²) in [7, 11) is 0. The van der Waals surface area contributed by atoms with Crippen LogP contribution in [-0.4, -0.2) is 20.4 Å². The van der Waals surface area contributed by atoms with Gasteiger partial charge in [-0.1, -0.05) is 17.3 Å². The van der Waals surface area contributed by atoms with E-state index in [0.717, 1.165) is 5.56 Å². The van der Waals surface area contributed by atoms with Crippen molar-refractivity contribution < 1.29 is 14.7 Å². The minimum Gasteiger partial charge on any atom is -0.508 e. The molecule has 3 aromatic rings. The van der Waals surface area contributed by atoms with Crippen LogP contribution in [0.3, 0.4) is 0 Å². The number of hydrogen-bond acceptors (Lipinski definition) is 5. The fourth-order valence-electron chi connectivity index (χ4n) is 1.72. The first kappa shape index (κ1) is 11.3. The lowest BCUT2D eigenvalue weighted by Gasteiger charge is -1.96. The van der Waals surface area contributed by atoms with Crippen molar-refractivity contribution >= 4 is 0 Å². The van der Waals surface area contributed by atoms with Crippen molar-refractivity contribution in [1.82, 2.24) is 10.1 Å². The zero-order valence-corrected chi connectivity index (χ0v) is 9.82. The molecule has 1 aromatic heterocycles. The van der Waals surface area contributed by atoms with E-state index >= 15 is 0 Å². The molecule has 2 aromatic carbocycles. The number of rotatable bonds is 2. The van der Waals surface area contributed by atoms with Crippen LogP contribution in [0.25, 0.3) is 22.8 Å². The molecule has 0 fully saturated rings. The number of aromatic nitrogens is 2. The van der Waals surface area contributed by atoms with Crippen molar-refractivity contribution in [3.8, 4) is 34.3 Å². The minimum absolute atomic E-state index is 0.0865. The summed E-state index contributed by atoms with van der Waals surface area (Å²) in [4.78, 5) is 4.22. The highest BCUT2D eigenvalue weighted by Gasteiger charge is 2.13. The van der Waals surface area contributed by atoms with Crippen LogP contribution in [0.15, 0.2) is 53.1 Å². The molecule has 5 heteroatoms. The Labute approximate surface area is 108 Å². The second-order valence-electron chi connectivity index (χ2n) is 3.99. The first-order valence-electron chi connectivity index (χ1n) is 5.65. The number of nitrogens with zero attached hydrogens (tertiary/aromatic N) is 2. The van der Waals surface area contributed by atoms with Crippen LogP contribution in [0.2, 0.25) is 0 Å². The average Bonchev–Trinajstić information content (AvgIpc) is 2.89. The first-order chi connectivity index (χ1) is 9.24. The van der Waals surface area contributed by atoms with Crippen LogP contribution in [0.4, 0.5) is 0 Å². The van der Waals surface area contributed by atoms with Gasteiger partial charge in [-0.3, -0.25) is 0 Å². The molecule has 0 radical (unpaired) electrons.